The first-order chi connectivity index (χ1) is 8.99. The SMILES string of the molecule is CSC(=Nc1ccc(F)c(Br)c1OC(F)F)NC#N. The number of halogens is 4. The molecule has 0 saturated carbocycles. The molecule has 0 saturated heterocycles. The predicted molar refractivity (Wildman–Crippen MR) is 70.1 cm³/mol. The lowest BCUT2D eigenvalue weighted by Crippen LogP contribution is -2.12. The summed E-state index contributed by atoms with van der Waals surface area (Å²) in [6.45, 7) is -3.12. The molecule has 0 fully saturated rings. The van der Waals surface area contributed by atoms with E-state index in [-0.39, 0.29) is 15.3 Å². The quantitative estimate of drug-likeness (QED) is 0.390. The normalized spacial score (nSPS) is 11.3. The van der Waals surface area contributed by atoms with Gasteiger partial charge in [-0.3, -0.25) is 5.32 Å². The van der Waals surface area contributed by atoms with E-state index in [1.807, 2.05) is 0 Å². The van der Waals surface area contributed by atoms with Gasteiger partial charge in [-0.15, -0.1) is 0 Å². The zero-order valence-electron chi connectivity index (χ0n) is 9.45. The molecule has 0 aliphatic carbocycles. The molecule has 0 aliphatic heterocycles. The van der Waals surface area contributed by atoms with Crippen LogP contribution in [0.3, 0.4) is 0 Å². The van der Waals surface area contributed by atoms with E-state index in [0.717, 1.165) is 17.8 Å². The van der Waals surface area contributed by atoms with Crippen LogP contribution in [-0.2, 0) is 0 Å². The van der Waals surface area contributed by atoms with Crippen LogP contribution in [0.2, 0.25) is 0 Å². The van der Waals surface area contributed by atoms with Crippen molar-refractivity contribution >= 4 is 38.5 Å². The topological polar surface area (TPSA) is 57.4 Å². The number of aliphatic imine (C=N–C) groups is 1. The van der Waals surface area contributed by atoms with Crippen molar-refractivity contribution in [2.45, 2.75) is 6.61 Å². The number of nitriles is 1. The Morgan fingerprint density at radius 2 is 2.26 bits per heavy atom. The summed E-state index contributed by atoms with van der Waals surface area (Å²) in [5.74, 6) is -1.19. The van der Waals surface area contributed by atoms with Crippen molar-refractivity contribution in [2.75, 3.05) is 6.26 Å². The van der Waals surface area contributed by atoms with E-state index in [9.17, 15) is 13.2 Å². The molecule has 4 nitrogen and oxygen atoms in total. The highest BCUT2D eigenvalue weighted by atomic mass is 79.9. The molecule has 102 valence electrons. The number of alkyl halides is 2. The van der Waals surface area contributed by atoms with Gasteiger partial charge in [0.15, 0.2) is 17.1 Å². The number of rotatable bonds is 3. The Kier molecular flexibility index (Phi) is 5.98. The lowest BCUT2D eigenvalue weighted by atomic mass is 10.3. The van der Waals surface area contributed by atoms with Crippen molar-refractivity contribution in [3.05, 3.63) is 22.4 Å². The highest BCUT2D eigenvalue weighted by Gasteiger charge is 2.17. The van der Waals surface area contributed by atoms with Gasteiger partial charge in [-0.2, -0.15) is 14.0 Å². The van der Waals surface area contributed by atoms with Gasteiger partial charge in [0.1, 0.15) is 11.5 Å². The second kappa shape index (κ2) is 7.25. The number of thioether (sulfide) groups is 1. The van der Waals surface area contributed by atoms with Crippen LogP contribution in [-0.4, -0.2) is 18.0 Å². The minimum Gasteiger partial charge on any atom is -0.431 e. The standard InChI is InChI=1S/C10H7BrF3N3OS/c1-19-10(16-4-15)17-6-3-2-5(12)7(11)8(6)18-9(13)14/h2-3,9H,1H3,(H,16,17). The van der Waals surface area contributed by atoms with E-state index >= 15 is 0 Å². The van der Waals surface area contributed by atoms with Gasteiger partial charge in [0.25, 0.3) is 0 Å². The summed E-state index contributed by atoms with van der Waals surface area (Å²) in [7, 11) is 0. The van der Waals surface area contributed by atoms with Crippen LogP contribution >= 0.6 is 27.7 Å². The van der Waals surface area contributed by atoms with Gasteiger partial charge in [0, 0.05) is 0 Å². The number of nitrogens with one attached hydrogen (secondary N) is 1. The summed E-state index contributed by atoms with van der Waals surface area (Å²) < 4.78 is 41.8. The summed E-state index contributed by atoms with van der Waals surface area (Å²) >= 11 is 3.91. The second-order valence-electron chi connectivity index (χ2n) is 2.95. The summed E-state index contributed by atoms with van der Waals surface area (Å²) in [4.78, 5) is 3.91. The number of nitrogens with zero attached hydrogens (tertiary/aromatic N) is 2. The first kappa shape index (κ1) is 15.7. The number of hydrogen-bond donors (Lipinski definition) is 1. The number of hydrogen-bond acceptors (Lipinski definition) is 4. The van der Waals surface area contributed by atoms with E-state index in [1.165, 1.54) is 6.07 Å². The molecule has 0 aromatic heterocycles. The Morgan fingerprint density at radius 3 is 2.79 bits per heavy atom. The Balaban J connectivity index is 3.27. The Hall–Kier alpha value is -1.40. The lowest BCUT2D eigenvalue weighted by molar-refractivity contribution is -0.0501. The van der Waals surface area contributed by atoms with Crippen LogP contribution in [0.4, 0.5) is 18.9 Å². The van der Waals surface area contributed by atoms with Crippen LogP contribution in [0.15, 0.2) is 21.6 Å². The van der Waals surface area contributed by atoms with Gasteiger partial charge in [0.2, 0.25) is 0 Å². The molecule has 0 aliphatic rings. The van der Waals surface area contributed by atoms with Crippen molar-refractivity contribution in [2.24, 2.45) is 4.99 Å². The minimum absolute atomic E-state index is 0.0272. The molecule has 1 rings (SSSR count). The fourth-order valence-corrected chi connectivity index (χ4v) is 1.86. The summed E-state index contributed by atoms with van der Waals surface area (Å²) in [5.41, 5.74) is -0.0272. The van der Waals surface area contributed by atoms with Gasteiger partial charge in [-0.1, -0.05) is 11.8 Å². The third kappa shape index (κ3) is 4.33. The fraction of sp³-hybridized carbons (Fsp3) is 0.200. The van der Waals surface area contributed by atoms with Crippen LogP contribution < -0.4 is 10.1 Å². The summed E-state index contributed by atoms with van der Waals surface area (Å²) in [5, 5.41) is 10.9. The first-order valence-electron chi connectivity index (χ1n) is 4.70. The van der Waals surface area contributed by atoms with Gasteiger partial charge in [-0.25, -0.2) is 9.38 Å². The lowest BCUT2D eigenvalue weighted by Gasteiger charge is -2.11. The average Bonchev–Trinajstić information content (AvgIpc) is 2.37. The first-order valence-corrected chi connectivity index (χ1v) is 6.72. The van der Waals surface area contributed by atoms with Crippen LogP contribution in [0, 0.1) is 17.3 Å². The van der Waals surface area contributed by atoms with E-state index in [2.05, 4.69) is 31.0 Å². The van der Waals surface area contributed by atoms with Gasteiger partial charge >= 0.3 is 6.61 Å². The number of ether oxygens (including phenoxy) is 1. The van der Waals surface area contributed by atoms with Crippen LogP contribution in [0.25, 0.3) is 0 Å². The van der Waals surface area contributed by atoms with Crippen molar-refractivity contribution in [3.63, 3.8) is 0 Å². The highest BCUT2D eigenvalue weighted by Crippen LogP contribution is 2.38. The van der Waals surface area contributed by atoms with E-state index in [4.69, 9.17) is 5.26 Å². The number of amidine groups is 1. The van der Waals surface area contributed by atoms with Gasteiger partial charge < -0.3 is 4.74 Å². The highest BCUT2D eigenvalue weighted by molar-refractivity contribution is 9.10. The maximum Gasteiger partial charge on any atom is 0.387 e. The largest absolute Gasteiger partial charge is 0.431 e. The molecule has 0 amide bonds. The Labute approximate surface area is 119 Å². The molecule has 1 aromatic carbocycles. The predicted octanol–water partition coefficient (Wildman–Crippen LogP) is 3.61. The van der Waals surface area contributed by atoms with Crippen LogP contribution in [0.5, 0.6) is 5.75 Å². The molecule has 1 aromatic rings. The molecule has 0 radical (unpaired) electrons. The maximum atomic E-state index is 13.3. The smallest absolute Gasteiger partial charge is 0.387 e. The molecule has 0 unspecified atom stereocenters. The van der Waals surface area contributed by atoms with Gasteiger partial charge in [-0.05, 0) is 34.3 Å². The van der Waals surface area contributed by atoms with Crippen molar-refractivity contribution in [1.82, 2.24) is 5.32 Å². The zero-order valence-corrected chi connectivity index (χ0v) is 11.9. The maximum absolute atomic E-state index is 13.3. The Morgan fingerprint density at radius 1 is 1.58 bits per heavy atom. The third-order valence-electron chi connectivity index (χ3n) is 1.81. The summed E-state index contributed by atoms with van der Waals surface area (Å²) in [6, 6.07) is 2.22. The Bertz CT molecular complexity index is 533. The van der Waals surface area contributed by atoms with Crippen molar-refractivity contribution in [1.29, 1.82) is 5.26 Å². The van der Waals surface area contributed by atoms with Gasteiger partial charge in [0.05, 0.1) is 4.47 Å². The number of benzene rings is 1. The molecule has 0 heterocycles. The van der Waals surface area contributed by atoms with E-state index in [0.29, 0.717) is 0 Å². The third-order valence-corrected chi connectivity index (χ3v) is 3.13. The minimum atomic E-state index is -3.12. The molecule has 19 heavy (non-hydrogen) atoms. The zero-order chi connectivity index (χ0) is 14.4. The molecule has 0 atom stereocenters. The molecule has 0 bridgehead atoms. The van der Waals surface area contributed by atoms with Crippen molar-refractivity contribution < 1.29 is 17.9 Å². The molecule has 9 heteroatoms. The molecular formula is C10H7BrF3N3OS. The second-order valence-corrected chi connectivity index (χ2v) is 4.53. The summed E-state index contributed by atoms with van der Waals surface area (Å²) in [6.07, 6.45) is 3.28. The molecular weight excluding hydrogens is 347 g/mol. The molecule has 1 N–H and O–H groups in total. The van der Waals surface area contributed by atoms with Crippen LogP contribution in [0.1, 0.15) is 0 Å². The molecule has 0 spiro atoms. The fourth-order valence-electron chi connectivity index (χ4n) is 1.09. The van der Waals surface area contributed by atoms with E-state index in [1.54, 1.807) is 12.4 Å². The average molecular weight is 354 g/mol. The van der Waals surface area contributed by atoms with E-state index < -0.39 is 18.2 Å². The van der Waals surface area contributed by atoms with Crippen molar-refractivity contribution in [3.8, 4) is 11.9 Å². The monoisotopic (exact) mass is 353 g/mol.